The molecule has 0 N–H and O–H groups in total. The summed E-state index contributed by atoms with van der Waals surface area (Å²) >= 11 is 0. The molecule has 190 valence electrons. The maximum atomic E-state index is 13.2. The van der Waals surface area contributed by atoms with E-state index >= 15 is 0 Å². The van der Waals surface area contributed by atoms with Gasteiger partial charge in [-0.25, -0.2) is 0 Å². The van der Waals surface area contributed by atoms with E-state index in [2.05, 4.69) is 85.3 Å². The third-order valence-corrected chi connectivity index (χ3v) is 15.6. The van der Waals surface area contributed by atoms with Crippen molar-refractivity contribution in [2.24, 2.45) is 11.8 Å². The SMILES string of the molecule is CC(C)(C)[Si](C)(C)OCCCCc1ccc([C@H]2C(=O)C[C@H](C[Si](C)(C)C)[C@@H]2C[Si](C)(C)C)o1. The summed E-state index contributed by atoms with van der Waals surface area (Å²) in [6, 6.07) is 6.71. The van der Waals surface area contributed by atoms with Crippen LogP contribution in [0.5, 0.6) is 0 Å². The smallest absolute Gasteiger partial charge is 0.191 e. The van der Waals surface area contributed by atoms with E-state index in [4.69, 9.17) is 8.84 Å². The Kier molecular flexibility index (Phi) is 9.31. The summed E-state index contributed by atoms with van der Waals surface area (Å²) < 4.78 is 12.7. The van der Waals surface area contributed by atoms with Gasteiger partial charge < -0.3 is 8.84 Å². The molecular formula is C27H52O3Si3. The van der Waals surface area contributed by atoms with Crippen LogP contribution in [0.15, 0.2) is 16.5 Å². The van der Waals surface area contributed by atoms with Gasteiger partial charge in [-0.2, -0.15) is 0 Å². The molecule has 0 bridgehead atoms. The lowest BCUT2D eigenvalue weighted by atomic mass is 9.90. The molecule has 3 nitrogen and oxygen atoms in total. The highest BCUT2D eigenvalue weighted by Gasteiger charge is 2.47. The highest BCUT2D eigenvalue weighted by atomic mass is 28.4. The van der Waals surface area contributed by atoms with Gasteiger partial charge in [0.1, 0.15) is 17.3 Å². The summed E-state index contributed by atoms with van der Waals surface area (Å²) in [6.07, 6.45) is 3.81. The lowest BCUT2D eigenvalue weighted by molar-refractivity contribution is -0.119. The normalized spacial score (nSPS) is 22.9. The number of Topliss-reactive ketones (excluding diaryl/α,β-unsaturated/α-hetero) is 1. The molecular weight excluding hydrogens is 457 g/mol. The molecule has 0 aromatic carbocycles. The van der Waals surface area contributed by atoms with Crippen molar-refractivity contribution in [1.29, 1.82) is 0 Å². The number of hydrogen-bond donors (Lipinski definition) is 0. The molecule has 1 aromatic rings. The van der Waals surface area contributed by atoms with Crippen LogP contribution in [0.4, 0.5) is 0 Å². The minimum Gasteiger partial charge on any atom is -0.465 e. The van der Waals surface area contributed by atoms with E-state index in [1.165, 1.54) is 12.1 Å². The maximum absolute atomic E-state index is 13.2. The van der Waals surface area contributed by atoms with Crippen LogP contribution in [0.1, 0.15) is 57.5 Å². The zero-order chi connectivity index (χ0) is 25.2. The lowest BCUT2D eigenvalue weighted by Gasteiger charge is -2.36. The largest absolute Gasteiger partial charge is 0.465 e. The number of ketones is 1. The van der Waals surface area contributed by atoms with Gasteiger partial charge >= 0.3 is 0 Å². The first-order valence-corrected chi connectivity index (χ1v) is 23.5. The number of carbonyl (C=O) groups excluding carboxylic acids is 1. The summed E-state index contributed by atoms with van der Waals surface area (Å²) in [4.78, 5) is 13.2. The topological polar surface area (TPSA) is 39.4 Å². The Hall–Kier alpha value is -0.439. The molecule has 1 aromatic heterocycles. The summed E-state index contributed by atoms with van der Waals surface area (Å²) in [5, 5.41) is 0.260. The molecule has 1 aliphatic rings. The van der Waals surface area contributed by atoms with E-state index in [1.54, 1.807) is 0 Å². The highest BCUT2D eigenvalue weighted by molar-refractivity contribution is 6.77. The van der Waals surface area contributed by atoms with E-state index in [9.17, 15) is 4.79 Å². The molecule has 0 amide bonds. The van der Waals surface area contributed by atoms with Crippen molar-refractivity contribution in [2.45, 2.75) is 122 Å². The number of aryl methyl sites for hydroxylation is 1. The van der Waals surface area contributed by atoms with Crippen LogP contribution in [-0.2, 0) is 15.6 Å². The molecule has 0 unspecified atom stereocenters. The number of carbonyl (C=O) groups is 1. The van der Waals surface area contributed by atoms with E-state index in [0.717, 1.165) is 43.8 Å². The van der Waals surface area contributed by atoms with E-state index in [-0.39, 0.29) is 11.0 Å². The van der Waals surface area contributed by atoms with Crippen molar-refractivity contribution in [2.75, 3.05) is 6.61 Å². The van der Waals surface area contributed by atoms with Gasteiger partial charge in [0.15, 0.2) is 8.32 Å². The van der Waals surface area contributed by atoms with Gasteiger partial charge in [0.25, 0.3) is 0 Å². The molecule has 3 atom stereocenters. The number of hydrogen-bond acceptors (Lipinski definition) is 3. The van der Waals surface area contributed by atoms with Crippen molar-refractivity contribution in [3.63, 3.8) is 0 Å². The van der Waals surface area contributed by atoms with Crippen molar-refractivity contribution < 1.29 is 13.6 Å². The molecule has 1 saturated carbocycles. The molecule has 6 heteroatoms. The number of rotatable bonds is 11. The van der Waals surface area contributed by atoms with E-state index < -0.39 is 24.5 Å². The standard InChI is InChI=1S/C27H52O3Si3/c1-27(2,3)33(10,11)29-17-13-12-14-22-15-16-25(30-22)26-23(20-32(7,8)9)21(18-24(26)28)19-31(4,5)6/h15-16,21,23,26H,12-14,17-20H2,1-11H3/t21-,23+,26-/m1/s1. The summed E-state index contributed by atoms with van der Waals surface area (Å²) in [6.45, 7) is 27.0. The van der Waals surface area contributed by atoms with Crippen LogP contribution in [0.25, 0.3) is 0 Å². The monoisotopic (exact) mass is 508 g/mol. The van der Waals surface area contributed by atoms with Crippen molar-refractivity contribution in [1.82, 2.24) is 0 Å². The molecule has 1 fully saturated rings. The van der Waals surface area contributed by atoms with Gasteiger partial charge in [0, 0.05) is 35.6 Å². The zero-order valence-corrected chi connectivity index (χ0v) is 26.6. The second kappa shape index (κ2) is 10.7. The fourth-order valence-electron chi connectivity index (χ4n) is 5.06. The Bertz CT molecular complexity index is 778. The Morgan fingerprint density at radius 2 is 1.55 bits per heavy atom. The number of furan rings is 1. The van der Waals surface area contributed by atoms with Crippen LogP contribution in [0.3, 0.4) is 0 Å². The third-order valence-electron chi connectivity index (χ3n) is 7.64. The van der Waals surface area contributed by atoms with Crippen molar-refractivity contribution in [3.05, 3.63) is 23.7 Å². The summed E-state index contributed by atoms with van der Waals surface area (Å²) in [5.41, 5.74) is 0. The zero-order valence-electron chi connectivity index (χ0n) is 23.6. The third kappa shape index (κ3) is 8.62. The van der Waals surface area contributed by atoms with Crippen LogP contribution in [0.2, 0.25) is 69.5 Å². The van der Waals surface area contributed by atoms with Gasteiger partial charge in [0.2, 0.25) is 0 Å². The average Bonchev–Trinajstić information content (AvgIpc) is 3.15. The molecule has 33 heavy (non-hydrogen) atoms. The predicted molar refractivity (Wildman–Crippen MR) is 150 cm³/mol. The quantitative estimate of drug-likeness (QED) is 0.222. The molecule has 0 saturated heterocycles. The fourth-order valence-corrected chi connectivity index (χ4v) is 10.2. The highest BCUT2D eigenvalue weighted by Crippen LogP contribution is 2.48. The first-order valence-electron chi connectivity index (χ1n) is 13.1. The van der Waals surface area contributed by atoms with Crippen LogP contribution < -0.4 is 0 Å². The Morgan fingerprint density at radius 3 is 2.09 bits per heavy atom. The summed E-state index contributed by atoms with van der Waals surface area (Å²) in [7, 11) is -4.17. The van der Waals surface area contributed by atoms with Gasteiger partial charge in [-0.3, -0.25) is 4.79 Å². The molecule has 0 aliphatic heterocycles. The first-order chi connectivity index (χ1) is 14.9. The van der Waals surface area contributed by atoms with Gasteiger partial charge in [-0.1, -0.05) is 72.1 Å². The van der Waals surface area contributed by atoms with Crippen molar-refractivity contribution in [3.8, 4) is 0 Å². The van der Waals surface area contributed by atoms with Crippen LogP contribution >= 0.6 is 0 Å². The molecule has 1 aliphatic carbocycles. The van der Waals surface area contributed by atoms with Gasteiger partial charge in [-0.05, 0) is 54.9 Å². The molecule has 0 spiro atoms. The molecule has 0 radical (unpaired) electrons. The van der Waals surface area contributed by atoms with Crippen molar-refractivity contribution >= 4 is 30.2 Å². The molecule has 2 rings (SSSR count). The lowest BCUT2D eigenvalue weighted by Crippen LogP contribution is -2.40. The summed E-state index contributed by atoms with van der Waals surface area (Å²) in [5.74, 6) is 3.38. The minimum atomic E-state index is -1.66. The Labute approximate surface area is 207 Å². The van der Waals surface area contributed by atoms with Crippen LogP contribution in [-0.4, -0.2) is 36.9 Å². The predicted octanol–water partition coefficient (Wildman–Crippen LogP) is 8.59. The van der Waals surface area contributed by atoms with E-state index in [1.807, 2.05) is 0 Å². The van der Waals surface area contributed by atoms with Gasteiger partial charge in [0.05, 0.1) is 5.92 Å². The molecule has 1 heterocycles. The Morgan fingerprint density at radius 1 is 0.939 bits per heavy atom. The van der Waals surface area contributed by atoms with Crippen LogP contribution in [0, 0.1) is 11.8 Å². The maximum Gasteiger partial charge on any atom is 0.191 e. The number of unbranched alkanes of at least 4 members (excludes halogenated alkanes) is 1. The van der Waals surface area contributed by atoms with Gasteiger partial charge in [-0.15, -0.1) is 0 Å². The second-order valence-electron chi connectivity index (χ2n) is 14.5. The average molecular weight is 509 g/mol. The van der Waals surface area contributed by atoms with E-state index in [0.29, 0.717) is 17.6 Å². The minimum absolute atomic E-state index is 0.0197. The fraction of sp³-hybridized carbons (Fsp3) is 0.815. The first kappa shape index (κ1) is 28.8. The Balaban J connectivity index is 2.01. The second-order valence-corrected chi connectivity index (χ2v) is 30.3.